The molecule has 0 aliphatic carbocycles. The highest BCUT2D eigenvalue weighted by Crippen LogP contribution is 2.39. The molecule has 3 aromatic carbocycles. The van der Waals surface area contributed by atoms with Crippen LogP contribution in [0.2, 0.25) is 0 Å². The minimum Gasteiger partial charge on any atom is -0.493 e. The van der Waals surface area contributed by atoms with Crippen LogP contribution in [0.25, 0.3) is 6.08 Å². The number of allylic oxidation sites excluding steroid dienone is 1. The molecule has 35 heavy (non-hydrogen) atoms. The second-order valence-corrected chi connectivity index (χ2v) is 8.88. The smallest absolute Gasteiger partial charge is 0.271 e. The van der Waals surface area contributed by atoms with Gasteiger partial charge in [-0.1, -0.05) is 49.4 Å². The maximum absolute atomic E-state index is 13.6. The number of anilines is 1. The highest BCUT2D eigenvalue weighted by atomic mass is 32.2. The first-order chi connectivity index (χ1) is 17.1. The van der Waals surface area contributed by atoms with Crippen LogP contribution in [0.4, 0.5) is 11.4 Å². The lowest BCUT2D eigenvalue weighted by atomic mass is 10.0. The van der Waals surface area contributed by atoms with Gasteiger partial charge in [0.2, 0.25) is 0 Å². The molecule has 3 aromatic rings. The predicted molar refractivity (Wildman–Crippen MR) is 146 cm³/mol. The highest BCUT2D eigenvalue weighted by Gasteiger charge is 2.34. The third-order valence-electron chi connectivity index (χ3n) is 5.29. The first-order valence-electron chi connectivity index (χ1n) is 11.5. The number of benzene rings is 3. The SMILES string of the molecule is C=CCc1cc(/C=C2/SC(=Nc3ccccc3)N(c3ccccc3)C2=O)cc(OC)c1OCCC. The van der Waals surface area contributed by atoms with E-state index in [4.69, 9.17) is 14.5 Å². The standard InChI is InChI=1S/C29H28N2O3S/c1-4-12-22-18-21(19-25(33-3)27(22)34-17-5-2)20-26-28(32)31(24-15-10-7-11-16-24)29(35-26)30-23-13-8-6-9-14-23/h4,6-11,13-16,18-20H,1,5,12,17H2,2-3H3/b26-20+,30-29?. The molecule has 0 spiro atoms. The number of nitrogens with zero attached hydrogens (tertiary/aromatic N) is 2. The summed E-state index contributed by atoms with van der Waals surface area (Å²) in [5.74, 6) is 1.24. The average Bonchev–Trinajstić information content (AvgIpc) is 3.18. The van der Waals surface area contributed by atoms with Gasteiger partial charge in [-0.15, -0.1) is 6.58 Å². The first kappa shape index (κ1) is 24.4. The zero-order valence-corrected chi connectivity index (χ0v) is 20.8. The van der Waals surface area contributed by atoms with Crippen molar-refractivity contribution in [3.05, 3.63) is 101 Å². The molecule has 1 fully saturated rings. The van der Waals surface area contributed by atoms with Crippen LogP contribution < -0.4 is 14.4 Å². The second-order valence-electron chi connectivity index (χ2n) is 7.87. The van der Waals surface area contributed by atoms with Gasteiger partial charge in [-0.2, -0.15) is 0 Å². The molecule has 1 amide bonds. The Bertz CT molecular complexity index is 1250. The Morgan fingerprint density at radius 3 is 2.43 bits per heavy atom. The number of thioether (sulfide) groups is 1. The summed E-state index contributed by atoms with van der Waals surface area (Å²) in [5.41, 5.74) is 3.38. The summed E-state index contributed by atoms with van der Waals surface area (Å²) in [6, 6.07) is 23.1. The zero-order valence-electron chi connectivity index (χ0n) is 19.9. The molecule has 1 aliphatic rings. The number of para-hydroxylation sites is 2. The molecule has 6 heteroatoms. The van der Waals surface area contributed by atoms with Gasteiger partial charge in [0, 0.05) is 5.56 Å². The van der Waals surface area contributed by atoms with Crippen molar-refractivity contribution in [2.24, 2.45) is 4.99 Å². The monoisotopic (exact) mass is 484 g/mol. The Hall–Kier alpha value is -3.77. The molecule has 1 saturated heterocycles. The largest absolute Gasteiger partial charge is 0.493 e. The fourth-order valence-electron chi connectivity index (χ4n) is 3.71. The van der Waals surface area contributed by atoms with Crippen molar-refractivity contribution in [2.75, 3.05) is 18.6 Å². The predicted octanol–water partition coefficient (Wildman–Crippen LogP) is 7.02. The van der Waals surface area contributed by atoms with E-state index in [-0.39, 0.29) is 5.91 Å². The van der Waals surface area contributed by atoms with Gasteiger partial charge in [0.1, 0.15) is 0 Å². The molecule has 0 radical (unpaired) electrons. The van der Waals surface area contributed by atoms with Crippen LogP contribution in [0.3, 0.4) is 0 Å². The molecule has 0 unspecified atom stereocenters. The molecule has 0 atom stereocenters. The Balaban J connectivity index is 1.76. The highest BCUT2D eigenvalue weighted by molar-refractivity contribution is 8.19. The van der Waals surface area contributed by atoms with Crippen LogP contribution in [0.5, 0.6) is 11.5 Å². The molecule has 0 N–H and O–H groups in total. The van der Waals surface area contributed by atoms with Crippen LogP contribution in [0.1, 0.15) is 24.5 Å². The van der Waals surface area contributed by atoms with Crippen LogP contribution in [-0.4, -0.2) is 24.8 Å². The Morgan fingerprint density at radius 1 is 1.06 bits per heavy atom. The number of carbonyl (C=O) groups is 1. The average molecular weight is 485 g/mol. The van der Waals surface area contributed by atoms with Crippen molar-refractivity contribution in [3.63, 3.8) is 0 Å². The topological polar surface area (TPSA) is 51.1 Å². The normalized spacial score (nSPS) is 15.6. The van der Waals surface area contributed by atoms with E-state index in [0.29, 0.717) is 28.9 Å². The molecule has 0 saturated carbocycles. The lowest BCUT2D eigenvalue weighted by Crippen LogP contribution is -2.28. The maximum Gasteiger partial charge on any atom is 0.271 e. The summed E-state index contributed by atoms with van der Waals surface area (Å²) in [5, 5.41) is 0.611. The fourth-order valence-corrected chi connectivity index (χ4v) is 4.71. The number of hydrogen-bond acceptors (Lipinski definition) is 5. The molecule has 5 nitrogen and oxygen atoms in total. The van der Waals surface area contributed by atoms with E-state index < -0.39 is 0 Å². The van der Waals surface area contributed by atoms with Crippen molar-refractivity contribution in [1.29, 1.82) is 0 Å². The Labute approximate surface area is 210 Å². The summed E-state index contributed by atoms with van der Waals surface area (Å²) in [7, 11) is 1.62. The molecule has 4 rings (SSSR count). The number of methoxy groups -OCH3 is 1. The fraction of sp³-hybridized carbons (Fsp3) is 0.172. The molecule has 1 heterocycles. The summed E-state index contributed by atoms with van der Waals surface area (Å²) >= 11 is 1.36. The van der Waals surface area contributed by atoms with Gasteiger partial charge in [0.05, 0.1) is 30.0 Å². The Morgan fingerprint density at radius 2 is 1.77 bits per heavy atom. The van der Waals surface area contributed by atoms with E-state index in [1.54, 1.807) is 12.0 Å². The van der Waals surface area contributed by atoms with Crippen LogP contribution in [0.15, 0.2) is 95.3 Å². The van der Waals surface area contributed by atoms with Crippen LogP contribution in [-0.2, 0) is 11.2 Å². The van der Waals surface area contributed by atoms with Gasteiger partial charge in [-0.05, 0) is 72.6 Å². The van der Waals surface area contributed by atoms with Gasteiger partial charge < -0.3 is 9.47 Å². The molecule has 1 aliphatic heterocycles. The minimum atomic E-state index is -0.119. The van der Waals surface area contributed by atoms with Crippen molar-refractivity contribution >= 4 is 40.3 Å². The van der Waals surface area contributed by atoms with Crippen LogP contribution in [0, 0.1) is 0 Å². The lowest BCUT2D eigenvalue weighted by molar-refractivity contribution is -0.113. The van der Waals surface area contributed by atoms with Gasteiger partial charge in [-0.3, -0.25) is 9.69 Å². The second kappa shape index (κ2) is 11.6. The van der Waals surface area contributed by atoms with Crippen molar-refractivity contribution in [3.8, 4) is 11.5 Å². The number of rotatable bonds is 9. The first-order valence-corrected chi connectivity index (χ1v) is 12.3. The van der Waals surface area contributed by atoms with Gasteiger partial charge in [0.15, 0.2) is 16.7 Å². The number of hydrogen-bond donors (Lipinski definition) is 0. The van der Waals surface area contributed by atoms with E-state index in [1.165, 1.54) is 11.8 Å². The molecule has 0 bridgehead atoms. The number of amidine groups is 1. The number of ether oxygens (including phenoxy) is 2. The molecular formula is C29H28N2O3S. The maximum atomic E-state index is 13.6. The molecule has 178 valence electrons. The molecular weight excluding hydrogens is 456 g/mol. The van der Waals surface area contributed by atoms with Crippen molar-refractivity contribution < 1.29 is 14.3 Å². The zero-order chi connectivity index (χ0) is 24.6. The number of aliphatic imine (C=N–C) groups is 1. The van der Waals surface area contributed by atoms with E-state index in [0.717, 1.165) is 34.7 Å². The lowest BCUT2D eigenvalue weighted by Gasteiger charge is -2.16. The van der Waals surface area contributed by atoms with E-state index in [1.807, 2.05) is 84.9 Å². The number of amides is 1. The Kier molecular flexibility index (Phi) is 8.06. The third kappa shape index (κ3) is 5.66. The third-order valence-corrected chi connectivity index (χ3v) is 6.26. The van der Waals surface area contributed by atoms with Gasteiger partial charge >= 0.3 is 0 Å². The van der Waals surface area contributed by atoms with E-state index in [2.05, 4.69) is 13.5 Å². The minimum absolute atomic E-state index is 0.119. The summed E-state index contributed by atoms with van der Waals surface area (Å²) in [6.07, 6.45) is 5.24. The van der Waals surface area contributed by atoms with Crippen molar-refractivity contribution in [1.82, 2.24) is 0 Å². The van der Waals surface area contributed by atoms with Crippen LogP contribution >= 0.6 is 11.8 Å². The number of carbonyl (C=O) groups excluding carboxylic acids is 1. The van der Waals surface area contributed by atoms with Gasteiger partial charge in [0.25, 0.3) is 5.91 Å². The van der Waals surface area contributed by atoms with Gasteiger partial charge in [-0.25, -0.2) is 4.99 Å². The quantitative estimate of drug-likeness (QED) is 0.242. The van der Waals surface area contributed by atoms with Crippen molar-refractivity contribution in [2.45, 2.75) is 19.8 Å². The summed E-state index contributed by atoms with van der Waals surface area (Å²) in [4.78, 5) is 20.6. The summed E-state index contributed by atoms with van der Waals surface area (Å²) < 4.78 is 11.6. The summed E-state index contributed by atoms with van der Waals surface area (Å²) in [6.45, 7) is 6.54. The molecule has 0 aromatic heterocycles. The van der Waals surface area contributed by atoms with E-state index >= 15 is 0 Å². The van der Waals surface area contributed by atoms with E-state index in [9.17, 15) is 4.79 Å².